The Kier molecular flexibility index (Phi) is 0.460. The highest BCUT2D eigenvalue weighted by Gasteiger charge is 2.49. The highest BCUT2D eigenvalue weighted by Crippen LogP contribution is 2.35. The molecule has 0 aromatic heterocycles. The van der Waals surface area contributed by atoms with E-state index in [-0.39, 0.29) is 6.10 Å². The van der Waals surface area contributed by atoms with E-state index < -0.39 is 0 Å². The molecule has 0 amide bonds. The summed E-state index contributed by atoms with van der Waals surface area (Å²) >= 11 is 0. The van der Waals surface area contributed by atoms with Gasteiger partial charge in [-0.2, -0.15) is 0 Å². The van der Waals surface area contributed by atoms with Crippen molar-refractivity contribution in [3.63, 3.8) is 0 Å². The van der Waals surface area contributed by atoms with E-state index in [0.29, 0.717) is 11.9 Å². The number of ether oxygens (including phenoxy) is 1. The third kappa shape index (κ3) is 0.347. The molecule has 0 radical (unpaired) electrons. The SMILES string of the molecule is O=C1CC[C@@H]2O[C@@H]12. The zero-order valence-corrected chi connectivity index (χ0v) is 3.89. The highest BCUT2D eigenvalue weighted by molar-refractivity contribution is 5.88. The van der Waals surface area contributed by atoms with Crippen molar-refractivity contribution < 1.29 is 9.53 Å². The van der Waals surface area contributed by atoms with Crippen LogP contribution in [0.1, 0.15) is 12.8 Å². The predicted molar refractivity (Wildman–Crippen MR) is 22.9 cm³/mol. The number of carbonyl (C=O) groups excluding carboxylic acids is 1. The van der Waals surface area contributed by atoms with E-state index in [0.717, 1.165) is 12.8 Å². The summed E-state index contributed by atoms with van der Waals surface area (Å²) in [7, 11) is 0. The average Bonchev–Trinajstić information content (AvgIpc) is 2.33. The Balaban J connectivity index is 2.21. The fourth-order valence-electron chi connectivity index (χ4n) is 1.07. The van der Waals surface area contributed by atoms with Crippen molar-refractivity contribution in [3.05, 3.63) is 0 Å². The number of rotatable bonds is 0. The summed E-state index contributed by atoms with van der Waals surface area (Å²) < 4.78 is 4.92. The molecule has 7 heavy (non-hydrogen) atoms. The Morgan fingerprint density at radius 2 is 2.57 bits per heavy atom. The first-order valence-electron chi connectivity index (χ1n) is 2.56. The lowest BCUT2D eigenvalue weighted by atomic mass is 10.3. The molecule has 1 aliphatic carbocycles. The van der Waals surface area contributed by atoms with Crippen molar-refractivity contribution >= 4 is 5.78 Å². The van der Waals surface area contributed by atoms with Crippen molar-refractivity contribution in [2.24, 2.45) is 0 Å². The number of carbonyl (C=O) groups is 1. The van der Waals surface area contributed by atoms with Gasteiger partial charge < -0.3 is 4.74 Å². The lowest BCUT2D eigenvalue weighted by Gasteiger charge is -1.82. The molecular formula is C5H6O2. The molecule has 0 N–H and O–H groups in total. The summed E-state index contributed by atoms with van der Waals surface area (Å²) in [4.78, 5) is 10.5. The number of hydrogen-bond donors (Lipinski definition) is 0. The highest BCUT2D eigenvalue weighted by atomic mass is 16.6. The monoisotopic (exact) mass is 98.0 g/mol. The number of Topliss-reactive ketones (excluding diaryl/α,β-unsaturated/α-hetero) is 1. The molecule has 2 heteroatoms. The van der Waals surface area contributed by atoms with E-state index in [4.69, 9.17) is 4.74 Å². The molecule has 0 aromatic rings. The Morgan fingerprint density at radius 1 is 1.71 bits per heavy atom. The van der Waals surface area contributed by atoms with Crippen molar-refractivity contribution in [3.8, 4) is 0 Å². The van der Waals surface area contributed by atoms with Crippen molar-refractivity contribution in [2.75, 3.05) is 0 Å². The van der Waals surface area contributed by atoms with Gasteiger partial charge in [0, 0.05) is 6.42 Å². The van der Waals surface area contributed by atoms with E-state index in [1.165, 1.54) is 0 Å². The third-order valence-corrected chi connectivity index (χ3v) is 1.58. The zero-order valence-electron chi connectivity index (χ0n) is 3.89. The Hall–Kier alpha value is -0.370. The first-order valence-corrected chi connectivity index (χ1v) is 2.56. The topological polar surface area (TPSA) is 29.6 Å². The van der Waals surface area contributed by atoms with Crippen LogP contribution in [0.4, 0.5) is 0 Å². The fraction of sp³-hybridized carbons (Fsp3) is 0.800. The van der Waals surface area contributed by atoms with Crippen LogP contribution >= 0.6 is 0 Å². The minimum absolute atomic E-state index is 0.0417. The van der Waals surface area contributed by atoms with Crippen LogP contribution in [0.5, 0.6) is 0 Å². The number of ketones is 1. The van der Waals surface area contributed by atoms with Crippen molar-refractivity contribution in [1.29, 1.82) is 0 Å². The maximum Gasteiger partial charge on any atom is 0.164 e. The summed E-state index contributed by atoms with van der Waals surface area (Å²) in [5.74, 6) is 0.310. The van der Waals surface area contributed by atoms with E-state index in [1.54, 1.807) is 0 Å². The molecule has 0 aromatic carbocycles. The van der Waals surface area contributed by atoms with Gasteiger partial charge in [0.05, 0.1) is 6.10 Å². The van der Waals surface area contributed by atoms with Gasteiger partial charge in [-0.15, -0.1) is 0 Å². The number of hydrogen-bond acceptors (Lipinski definition) is 2. The molecule has 0 spiro atoms. The van der Waals surface area contributed by atoms with Crippen LogP contribution in [0.2, 0.25) is 0 Å². The molecule has 0 unspecified atom stereocenters. The maximum absolute atomic E-state index is 10.5. The second-order valence-electron chi connectivity index (χ2n) is 2.10. The van der Waals surface area contributed by atoms with E-state index >= 15 is 0 Å². The molecular weight excluding hydrogens is 92.1 g/mol. The van der Waals surface area contributed by atoms with Crippen LogP contribution in [-0.4, -0.2) is 18.0 Å². The minimum Gasteiger partial charge on any atom is -0.361 e. The molecule has 2 rings (SSSR count). The average molecular weight is 98.1 g/mol. The van der Waals surface area contributed by atoms with Crippen LogP contribution in [0, 0.1) is 0 Å². The summed E-state index contributed by atoms with van der Waals surface area (Å²) in [6.07, 6.45) is 2.12. The van der Waals surface area contributed by atoms with Crippen LogP contribution in [-0.2, 0) is 9.53 Å². The van der Waals surface area contributed by atoms with Gasteiger partial charge in [-0.1, -0.05) is 0 Å². The number of fused-ring (bicyclic) bond motifs is 1. The molecule has 1 saturated carbocycles. The first-order chi connectivity index (χ1) is 3.38. The van der Waals surface area contributed by atoms with E-state index in [2.05, 4.69) is 0 Å². The van der Waals surface area contributed by atoms with Crippen molar-refractivity contribution in [1.82, 2.24) is 0 Å². The molecule has 38 valence electrons. The third-order valence-electron chi connectivity index (χ3n) is 1.58. The molecule has 2 fully saturated rings. The normalized spacial score (nSPS) is 46.6. The van der Waals surface area contributed by atoms with Crippen molar-refractivity contribution in [2.45, 2.75) is 25.0 Å². The van der Waals surface area contributed by atoms with Crippen LogP contribution < -0.4 is 0 Å². The molecule has 2 atom stereocenters. The van der Waals surface area contributed by atoms with Crippen LogP contribution in [0.3, 0.4) is 0 Å². The molecule has 1 aliphatic heterocycles. The molecule has 1 saturated heterocycles. The lowest BCUT2D eigenvalue weighted by Crippen LogP contribution is -1.98. The maximum atomic E-state index is 10.5. The molecule has 1 heterocycles. The fourth-order valence-corrected chi connectivity index (χ4v) is 1.07. The second kappa shape index (κ2) is 0.892. The molecule has 2 aliphatic rings. The van der Waals surface area contributed by atoms with E-state index in [9.17, 15) is 4.79 Å². The zero-order chi connectivity index (χ0) is 4.85. The Morgan fingerprint density at radius 3 is 2.71 bits per heavy atom. The van der Waals surface area contributed by atoms with Gasteiger partial charge in [0.15, 0.2) is 5.78 Å². The predicted octanol–water partition coefficient (Wildman–Crippen LogP) is 0.117. The smallest absolute Gasteiger partial charge is 0.164 e. The number of epoxide rings is 1. The summed E-state index contributed by atoms with van der Waals surface area (Å²) in [5, 5.41) is 0. The van der Waals surface area contributed by atoms with Gasteiger partial charge in [-0.05, 0) is 6.42 Å². The van der Waals surface area contributed by atoms with Crippen LogP contribution in [0.15, 0.2) is 0 Å². The van der Waals surface area contributed by atoms with Gasteiger partial charge in [-0.25, -0.2) is 0 Å². The van der Waals surface area contributed by atoms with Gasteiger partial charge in [0.2, 0.25) is 0 Å². The first kappa shape index (κ1) is 3.61. The summed E-state index contributed by atoms with van der Waals surface area (Å²) in [5.41, 5.74) is 0. The van der Waals surface area contributed by atoms with E-state index in [1.807, 2.05) is 0 Å². The van der Waals surface area contributed by atoms with Crippen LogP contribution in [0.25, 0.3) is 0 Å². The minimum atomic E-state index is 0.0417. The lowest BCUT2D eigenvalue weighted by molar-refractivity contribution is -0.119. The second-order valence-corrected chi connectivity index (χ2v) is 2.10. The summed E-state index contributed by atoms with van der Waals surface area (Å²) in [6.45, 7) is 0. The van der Waals surface area contributed by atoms with Gasteiger partial charge in [0.1, 0.15) is 6.10 Å². The largest absolute Gasteiger partial charge is 0.361 e. The Bertz CT molecular complexity index is 119. The van der Waals surface area contributed by atoms with Gasteiger partial charge >= 0.3 is 0 Å². The molecule has 2 nitrogen and oxygen atoms in total. The summed E-state index contributed by atoms with van der Waals surface area (Å²) in [6, 6.07) is 0. The molecule has 0 bridgehead atoms. The Labute approximate surface area is 41.5 Å². The standard InChI is InChI=1S/C5H6O2/c6-3-1-2-4-5(3)7-4/h4-5H,1-2H2/t4-,5-/m0/s1. The van der Waals surface area contributed by atoms with Gasteiger partial charge in [0.25, 0.3) is 0 Å². The van der Waals surface area contributed by atoms with Gasteiger partial charge in [-0.3, -0.25) is 4.79 Å². The quantitative estimate of drug-likeness (QED) is 0.403.